The average molecular weight is 771 g/mol. The highest BCUT2D eigenvalue weighted by Crippen LogP contribution is 2.29. The lowest BCUT2D eigenvalue weighted by Crippen LogP contribution is -2.20. The molecule has 1 aromatic carbocycles. The van der Waals surface area contributed by atoms with Crippen LogP contribution in [0, 0.1) is 0 Å². The number of unbranched alkanes of at least 4 members (excludes halogenated alkanes) is 24. The number of hydrogen-bond acceptors (Lipinski definition) is 6. The Morgan fingerprint density at radius 2 is 0.873 bits per heavy atom. The molecular weight excluding hydrogens is 681 g/mol. The molecule has 0 saturated heterocycles. The summed E-state index contributed by atoms with van der Waals surface area (Å²) >= 11 is 0. The summed E-state index contributed by atoms with van der Waals surface area (Å²) in [6.45, 7) is 10.6. The number of nitrogens with one attached hydrogen (secondary N) is 1. The highest BCUT2D eigenvalue weighted by atomic mass is 16.5. The van der Waals surface area contributed by atoms with Gasteiger partial charge in [0.15, 0.2) is 11.5 Å². The molecule has 0 aliphatic heterocycles. The van der Waals surface area contributed by atoms with Gasteiger partial charge >= 0.3 is 0 Å². The van der Waals surface area contributed by atoms with E-state index in [1.807, 2.05) is 0 Å². The van der Waals surface area contributed by atoms with Gasteiger partial charge in [-0.1, -0.05) is 160 Å². The molecule has 0 bridgehead atoms. The zero-order valence-electron chi connectivity index (χ0n) is 36.4. The third-order valence-corrected chi connectivity index (χ3v) is 10.2. The van der Waals surface area contributed by atoms with E-state index in [1.54, 1.807) is 0 Å². The normalized spacial score (nSPS) is 11.8. The minimum atomic E-state index is 0.548. The predicted octanol–water partition coefficient (Wildman–Crippen LogP) is 13.6. The summed E-state index contributed by atoms with van der Waals surface area (Å²) in [7, 11) is 0. The average Bonchev–Trinajstić information content (AvgIpc) is 3.20. The minimum absolute atomic E-state index is 0.548. The van der Waals surface area contributed by atoms with Crippen molar-refractivity contribution in [1.29, 1.82) is 0 Å². The maximum atomic E-state index is 6.36. The highest BCUT2D eigenvalue weighted by molar-refractivity contribution is 5.43. The molecule has 0 saturated carbocycles. The molecule has 0 aromatic heterocycles. The summed E-state index contributed by atoms with van der Waals surface area (Å²) in [4.78, 5) is 0. The first-order valence-electron chi connectivity index (χ1n) is 23.6. The van der Waals surface area contributed by atoms with Crippen molar-refractivity contribution >= 4 is 0 Å². The van der Waals surface area contributed by atoms with Crippen LogP contribution in [-0.4, -0.2) is 52.7 Å². The van der Waals surface area contributed by atoms with Gasteiger partial charge in [-0.2, -0.15) is 0 Å². The first-order chi connectivity index (χ1) is 27.3. The summed E-state index contributed by atoms with van der Waals surface area (Å²) in [5, 5.41) is 3.49. The molecule has 0 heterocycles. The van der Waals surface area contributed by atoms with Crippen LogP contribution in [0.25, 0.3) is 0 Å². The van der Waals surface area contributed by atoms with E-state index in [2.05, 4.69) is 61.7 Å². The molecule has 1 rings (SSSR count). The summed E-state index contributed by atoms with van der Waals surface area (Å²) in [6.07, 6.45) is 46.4. The fourth-order valence-electron chi connectivity index (χ4n) is 6.74. The molecule has 0 amide bonds. The standard InChI is InChI=1S/C49H90N2O4/c1-3-5-7-9-11-13-15-17-19-21-23-25-27-29-31-33-39-54-48-36-35-47(46-51-38-42-53-44-43-52-41-37-50)45-49(48)55-40-34-32-30-28-26-24-22-20-18-16-14-12-10-8-6-4-2/h17-20,35-36,45,51H,3-16,21-34,37-44,46,50H2,1-2H3/b19-17+,20-18+. The number of benzene rings is 1. The van der Waals surface area contributed by atoms with Gasteiger partial charge in [0.2, 0.25) is 0 Å². The molecule has 0 atom stereocenters. The van der Waals surface area contributed by atoms with Crippen LogP contribution in [0.15, 0.2) is 42.5 Å². The van der Waals surface area contributed by atoms with Crippen LogP contribution >= 0.6 is 0 Å². The van der Waals surface area contributed by atoms with Gasteiger partial charge in [-0.05, 0) is 81.9 Å². The lowest BCUT2D eigenvalue weighted by molar-refractivity contribution is 0.0518. The van der Waals surface area contributed by atoms with Gasteiger partial charge in [-0.15, -0.1) is 0 Å². The van der Waals surface area contributed by atoms with Crippen LogP contribution in [-0.2, 0) is 16.0 Å². The Hall–Kier alpha value is -1.86. The predicted molar refractivity (Wildman–Crippen MR) is 239 cm³/mol. The maximum absolute atomic E-state index is 6.36. The van der Waals surface area contributed by atoms with Gasteiger partial charge in [-0.25, -0.2) is 0 Å². The molecule has 55 heavy (non-hydrogen) atoms. The molecule has 320 valence electrons. The van der Waals surface area contributed by atoms with E-state index in [1.165, 1.54) is 173 Å². The van der Waals surface area contributed by atoms with Crippen molar-refractivity contribution in [3.05, 3.63) is 48.1 Å². The van der Waals surface area contributed by atoms with Crippen molar-refractivity contribution in [3.8, 4) is 11.5 Å². The van der Waals surface area contributed by atoms with Crippen molar-refractivity contribution in [3.63, 3.8) is 0 Å². The molecule has 3 N–H and O–H groups in total. The lowest BCUT2D eigenvalue weighted by Gasteiger charge is -2.15. The van der Waals surface area contributed by atoms with Gasteiger partial charge in [0.25, 0.3) is 0 Å². The second-order valence-corrected chi connectivity index (χ2v) is 15.5. The quantitative estimate of drug-likeness (QED) is 0.0508. The monoisotopic (exact) mass is 771 g/mol. The molecule has 0 radical (unpaired) electrons. The number of nitrogens with two attached hydrogens (primary N) is 1. The largest absolute Gasteiger partial charge is 0.490 e. The Morgan fingerprint density at radius 3 is 1.35 bits per heavy atom. The third-order valence-electron chi connectivity index (χ3n) is 10.2. The number of allylic oxidation sites excluding steroid dienone is 4. The maximum Gasteiger partial charge on any atom is 0.161 e. The second kappa shape index (κ2) is 43.3. The Bertz CT molecular complexity index is 968. The zero-order chi connectivity index (χ0) is 39.4. The van der Waals surface area contributed by atoms with Crippen LogP contribution in [0.2, 0.25) is 0 Å². The zero-order valence-corrected chi connectivity index (χ0v) is 36.4. The number of ether oxygens (including phenoxy) is 4. The van der Waals surface area contributed by atoms with E-state index in [0.717, 1.165) is 50.6 Å². The Labute approximate surface area is 341 Å². The Balaban J connectivity index is 2.28. The molecule has 1 aromatic rings. The molecule has 6 heteroatoms. The van der Waals surface area contributed by atoms with E-state index in [0.29, 0.717) is 33.0 Å². The molecular formula is C49H90N2O4. The molecule has 0 unspecified atom stereocenters. The Kier molecular flexibility index (Phi) is 40.2. The van der Waals surface area contributed by atoms with E-state index >= 15 is 0 Å². The highest BCUT2D eigenvalue weighted by Gasteiger charge is 2.08. The number of hydrogen-bond donors (Lipinski definition) is 2. The van der Waals surface area contributed by atoms with Crippen molar-refractivity contribution < 1.29 is 18.9 Å². The van der Waals surface area contributed by atoms with Gasteiger partial charge in [-0.3, -0.25) is 0 Å². The second-order valence-electron chi connectivity index (χ2n) is 15.5. The molecule has 0 fully saturated rings. The van der Waals surface area contributed by atoms with E-state index in [9.17, 15) is 0 Å². The topological polar surface area (TPSA) is 75.0 Å². The van der Waals surface area contributed by atoms with Gasteiger partial charge in [0.1, 0.15) is 0 Å². The number of rotatable bonds is 44. The van der Waals surface area contributed by atoms with Crippen molar-refractivity contribution in [1.82, 2.24) is 5.32 Å². The van der Waals surface area contributed by atoms with E-state index in [-0.39, 0.29) is 0 Å². The van der Waals surface area contributed by atoms with Crippen molar-refractivity contribution in [2.75, 3.05) is 52.7 Å². The minimum Gasteiger partial charge on any atom is -0.490 e. The molecule has 0 aliphatic rings. The summed E-state index contributed by atoms with van der Waals surface area (Å²) in [5.41, 5.74) is 6.66. The van der Waals surface area contributed by atoms with Gasteiger partial charge in [0.05, 0.1) is 39.6 Å². The summed E-state index contributed by atoms with van der Waals surface area (Å²) in [6, 6.07) is 6.41. The van der Waals surface area contributed by atoms with Crippen LogP contribution < -0.4 is 20.5 Å². The smallest absolute Gasteiger partial charge is 0.161 e. The molecule has 0 spiro atoms. The third kappa shape index (κ3) is 36.2. The summed E-state index contributed by atoms with van der Waals surface area (Å²) < 4.78 is 23.7. The van der Waals surface area contributed by atoms with Gasteiger partial charge < -0.3 is 30.0 Å². The van der Waals surface area contributed by atoms with Crippen LogP contribution in [0.1, 0.15) is 199 Å². The first-order valence-corrected chi connectivity index (χ1v) is 23.6. The first kappa shape index (κ1) is 51.2. The molecule has 6 nitrogen and oxygen atoms in total. The van der Waals surface area contributed by atoms with Crippen LogP contribution in [0.4, 0.5) is 0 Å². The fraction of sp³-hybridized carbons (Fsp3) is 0.796. The molecule has 0 aliphatic carbocycles. The van der Waals surface area contributed by atoms with Crippen LogP contribution in [0.3, 0.4) is 0 Å². The van der Waals surface area contributed by atoms with E-state index in [4.69, 9.17) is 24.7 Å². The lowest BCUT2D eigenvalue weighted by atomic mass is 10.1. The van der Waals surface area contributed by atoms with Gasteiger partial charge in [0, 0.05) is 19.6 Å². The Morgan fingerprint density at radius 1 is 0.455 bits per heavy atom. The summed E-state index contributed by atoms with van der Waals surface area (Å²) in [5.74, 6) is 1.76. The van der Waals surface area contributed by atoms with Crippen molar-refractivity contribution in [2.45, 2.75) is 200 Å². The van der Waals surface area contributed by atoms with E-state index < -0.39 is 0 Å². The van der Waals surface area contributed by atoms with Crippen molar-refractivity contribution in [2.24, 2.45) is 5.73 Å². The van der Waals surface area contributed by atoms with Crippen LogP contribution in [0.5, 0.6) is 11.5 Å². The fourth-order valence-corrected chi connectivity index (χ4v) is 6.74. The SMILES string of the molecule is CCCCCCCC/C=C/CCCCCCCCOc1ccc(CNCCOCCOCCN)cc1OCCCCCCCC/C=C/CCCCCCCC.